The van der Waals surface area contributed by atoms with E-state index in [-0.39, 0.29) is 11.9 Å². The van der Waals surface area contributed by atoms with Crippen molar-refractivity contribution in [1.29, 1.82) is 0 Å². The van der Waals surface area contributed by atoms with Crippen LogP contribution in [0, 0.1) is 0 Å². The Hall–Kier alpha value is -1.29. The normalized spacial score (nSPS) is 12.4. The Balaban J connectivity index is 2.26. The smallest absolute Gasteiger partial charge is 0.234 e. The van der Waals surface area contributed by atoms with E-state index in [9.17, 15) is 4.79 Å². The maximum absolute atomic E-state index is 11.4. The van der Waals surface area contributed by atoms with Crippen molar-refractivity contribution in [3.8, 4) is 0 Å². The van der Waals surface area contributed by atoms with Gasteiger partial charge in [0.15, 0.2) is 0 Å². The second kappa shape index (κ2) is 6.24. The van der Waals surface area contributed by atoms with Crippen LogP contribution in [0.25, 0.3) is 0 Å². The summed E-state index contributed by atoms with van der Waals surface area (Å²) in [6.45, 7) is 5.19. The highest BCUT2D eigenvalue weighted by atomic mass is 16.3. The number of carbonyl (C=O) groups is 1. The van der Waals surface area contributed by atoms with Crippen molar-refractivity contribution < 1.29 is 9.21 Å². The van der Waals surface area contributed by atoms with Crippen LogP contribution in [-0.2, 0) is 4.79 Å². The molecule has 0 aliphatic rings. The Kier molecular flexibility index (Phi) is 4.90. The number of carbonyl (C=O) groups excluding carboxylic acids is 1. The van der Waals surface area contributed by atoms with Gasteiger partial charge in [0, 0.05) is 0 Å². The van der Waals surface area contributed by atoms with Crippen molar-refractivity contribution in [3.05, 3.63) is 24.2 Å². The van der Waals surface area contributed by atoms with E-state index in [1.165, 1.54) is 0 Å². The van der Waals surface area contributed by atoms with Crippen LogP contribution in [0.2, 0.25) is 0 Å². The lowest BCUT2D eigenvalue weighted by molar-refractivity contribution is -0.121. The molecule has 0 aliphatic heterocycles. The topological polar surface area (TPSA) is 54.3 Å². The molecule has 0 spiro atoms. The van der Waals surface area contributed by atoms with Gasteiger partial charge in [0.1, 0.15) is 5.76 Å². The zero-order valence-corrected chi connectivity index (χ0v) is 9.25. The number of nitrogens with one attached hydrogen (secondary N) is 2. The third-order valence-corrected chi connectivity index (χ3v) is 2.06. The summed E-state index contributed by atoms with van der Waals surface area (Å²) in [5.41, 5.74) is 0. The third-order valence-electron chi connectivity index (χ3n) is 2.06. The summed E-state index contributed by atoms with van der Waals surface area (Å²) in [5, 5.41) is 5.89. The van der Waals surface area contributed by atoms with Gasteiger partial charge >= 0.3 is 0 Å². The van der Waals surface area contributed by atoms with E-state index in [2.05, 4.69) is 17.6 Å². The van der Waals surface area contributed by atoms with Crippen molar-refractivity contribution in [2.75, 3.05) is 13.1 Å². The molecule has 1 aromatic heterocycles. The van der Waals surface area contributed by atoms with E-state index in [1.807, 2.05) is 19.1 Å². The molecule has 0 saturated carbocycles. The molecule has 2 N–H and O–H groups in total. The molecular formula is C11H18N2O2. The van der Waals surface area contributed by atoms with Gasteiger partial charge in [0.05, 0.1) is 18.8 Å². The highest BCUT2D eigenvalue weighted by Crippen LogP contribution is 2.11. The monoisotopic (exact) mass is 210 g/mol. The van der Waals surface area contributed by atoms with Gasteiger partial charge in [-0.2, -0.15) is 0 Å². The number of hydrogen-bond donors (Lipinski definition) is 2. The van der Waals surface area contributed by atoms with E-state index in [4.69, 9.17) is 4.42 Å². The van der Waals surface area contributed by atoms with Crippen LogP contribution in [0.4, 0.5) is 0 Å². The summed E-state index contributed by atoms with van der Waals surface area (Å²) in [6.07, 6.45) is 2.63. The van der Waals surface area contributed by atoms with E-state index in [0.29, 0.717) is 6.54 Å². The second-order valence-corrected chi connectivity index (χ2v) is 3.48. The largest absolute Gasteiger partial charge is 0.467 e. The molecule has 1 rings (SSSR count). The average molecular weight is 210 g/mol. The van der Waals surface area contributed by atoms with Crippen LogP contribution in [0.15, 0.2) is 22.8 Å². The van der Waals surface area contributed by atoms with Gasteiger partial charge in [-0.05, 0) is 32.0 Å². The van der Waals surface area contributed by atoms with Gasteiger partial charge in [0.25, 0.3) is 0 Å². The second-order valence-electron chi connectivity index (χ2n) is 3.48. The van der Waals surface area contributed by atoms with Gasteiger partial charge in [-0.15, -0.1) is 0 Å². The zero-order chi connectivity index (χ0) is 11.1. The van der Waals surface area contributed by atoms with Gasteiger partial charge in [-0.25, -0.2) is 0 Å². The van der Waals surface area contributed by atoms with Crippen molar-refractivity contribution in [3.63, 3.8) is 0 Å². The zero-order valence-electron chi connectivity index (χ0n) is 9.25. The predicted molar refractivity (Wildman–Crippen MR) is 58.4 cm³/mol. The third kappa shape index (κ3) is 4.16. The molecule has 15 heavy (non-hydrogen) atoms. The number of hydrogen-bond acceptors (Lipinski definition) is 3. The fraction of sp³-hybridized carbons (Fsp3) is 0.545. The summed E-state index contributed by atoms with van der Waals surface area (Å²) in [7, 11) is 0. The highest BCUT2D eigenvalue weighted by Gasteiger charge is 2.10. The maximum Gasteiger partial charge on any atom is 0.234 e. The first kappa shape index (κ1) is 11.8. The quantitative estimate of drug-likeness (QED) is 0.699. The first-order valence-electron chi connectivity index (χ1n) is 5.27. The molecule has 0 bridgehead atoms. The van der Waals surface area contributed by atoms with E-state index in [1.54, 1.807) is 6.26 Å². The van der Waals surface area contributed by atoms with Crippen molar-refractivity contribution in [2.24, 2.45) is 0 Å². The van der Waals surface area contributed by atoms with Crippen molar-refractivity contribution in [2.45, 2.75) is 26.3 Å². The van der Waals surface area contributed by atoms with Crippen molar-refractivity contribution >= 4 is 5.91 Å². The Bertz CT molecular complexity index is 283. The van der Waals surface area contributed by atoms with E-state index in [0.717, 1.165) is 18.7 Å². The summed E-state index contributed by atoms with van der Waals surface area (Å²) in [4.78, 5) is 11.4. The molecule has 1 amide bonds. The number of furan rings is 1. The van der Waals surface area contributed by atoms with Crippen LogP contribution in [-0.4, -0.2) is 19.0 Å². The number of amides is 1. The van der Waals surface area contributed by atoms with Gasteiger partial charge in [-0.1, -0.05) is 6.92 Å². The Morgan fingerprint density at radius 2 is 2.40 bits per heavy atom. The first-order valence-corrected chi connectivity index (χ1v) is 5.27. The molecule has 84 valence electrons. The van der Waals surface area contributed by atoms with Crippen LogP contribution in [0.1, 0.15) is 32.1 Å². The molecule has 1 atom stereocenters. The van der Waals surface area contributed by atoms with E-state index < -0.39 is 0 Å². The van der Waals surface area contributed by atoms with Crippen LogP contribution in [0.3, 0.4) is 0 Å². The molecule has 0 fully saturated rings. The predicted octanol–water partition coefficient (Wildman–Crippen LogP) is 1.46. The van der Waals surface area contributed by atoms with Gasteiger partial charge in [-0.3, -0.25) is 4.79 Å². The molecular weight excluding hydrogens is 192 g/mol. The Morgan fingerprint density at radius 1 is 1.60 bits per heavy atom. The molecule has 0 aliphatic carbocycles. The minimum Gasteiger partial charge on any atom is -0.467 e. The van der Waals surface area contributed by atoms with Gasteiger partial charge < -0.3 is 15.1 Å². The van der Waals surface area contributed by atoms with Gasteiger partial charge in [0.2, 0.25) is 5.91 Å². The first-order chi connectivity index (χ1) is 7.24. The molecule has 4 heteroatoms. The van der Waals surface area contributed by atoms with Crippen LogP contribution < -0.4 is 10.6 Å². The standard InChI is InChI=1S/C11H18N2O2/c1-3-6-12-8-11(14)13-9(2)10-5-4-7-15-10/h4-5,7,9,12H,3,6,8H2,1-2H3,(H,13,14)/t9-/m1/s1. The van der Waals surface area contributed by atoms with Crippen LogP contribution in [0.5, 0.6) is 0 Å². The molecule has 4 nitrogen and oxygen atoms in total. The highest BCUT2D eigenvalue weighted by molar-refractivity contribution is 5.78. The minimum absolute atomic E-state index is 0.00708. The Morgan fingerprint density at radius 3 is 3.00 bits per heavy atom. The minimum atomic E-state index is -0.0732. The molecule has 0 unspecified atom stereocenters. The fourth-order valence-corrected chi connectivity index (χ4v) is 1.28. The average Bonchev–Trinajstić information content (AvgIpc) is 2.70. The molecule has 0 aromatic carbocycles. The Labute approximate surface area is 90.0 Å². The fourth-order valence-electron chi connectivity index (χ4n) is 1.28. The molecule has 1 heterocycles. The lowest BCUT2D eigenvalue weighted by atomic mass is 10.2. The number of rotatable bonds is 6. The molecule has 0 saturated heterocycles. The summed E-state index contributed by atoms with van der Waals surface area (Å²) < 4.78 is 5.19. The summed E-state index contributed by atoms with van der Waals surface area (Å²) in [5.74, 6) is 0.770. The van der Waals surface area contributed by atoms with Crippen molar-refractivity contribution in [1.82, 2.24) is 10.6 Å². The molecule has 0 radical (unpaired) electrons. The summed E-state index contributed by atoms with van der Waals surface area (Å²) in [6, 6.07) is 3.59. The van der Waals surface area contributed by atoms with E-state index >= 15 is 0 Å². The lowest BCUT2D eigenvalue weighted by Gasteiger charge is -2.11. The summed E-state index contributed by atoms with van der Waals surface area (Å²) >= 11 is 0. The molecule has 1 aromatic rings. The lowest BCUT2D eigenvalue weighted by Crippen LogP contribution is -2.35. The SMILES string of the molecule is CCCNCC(=O)N[C@H](C)c1ccco1. The maximum atomic E-state index is 11.4. The van der Waals surface area contributed by atoms with Crippen LogP contribution >= 0.6 is 0 Å².